The quantitative estimate of drug-likeness (QED) is 0.701. The van der Waals surface area contributed by atoms with Gasteiger partial charge in [-0.25, -0.2) is 0 Å². The van der Waals surface area contributed by atoms with Crippen LogP contribution in [0.2, 0.25) is 0 Å². The fraction of sp³-hybridized carbons (Fsp3) is 0.727. The molecule has 3 rings (SSSR count). The van der Waals surface area contributed by atoms with Gasteiger partial charge in [0.05, 0.1) is 13.2 Å². The fourth-order valence-electron chi connectivity index (χ4n) is 4.14. The molecule has 0 aromatic carbocycles. The van der Waals surface area contributed by atoms with Crippen LogP contribution in [0.3, 0.4) is 0 Å². The molecule has 5 nitrogen and oxygen atoms in total. The molecule has 1 aromatic rings. The number of nitrogens with zero attached hydrogens (tertiary/aromatic N) is 3. The van der Waals surface area contributed by atoms with E-state index in [1.165, 1.54) is 50.5 Å². The summed E-state index contributed by atoms with van der Waals surface area (Å²) < 4.78 is 5.46. The first-order valence-corrected chi connectivity index (χ1v) is 11.5. The lowest BCUT2D eigenvalue weighted by Gasteiger charge is -2.31. The van der Waals surface area contributed by atoms with E-state index in [2.05, 4.69) is 32.2 Å². The standard InChI is InChI=1S/C22H36N4OS/c28-22(24-21-7-4-2-1-3-5-8-21)26(19-20-9-11-23-12-10-20)14-6-13-25-15-17-27-18-16-25/h9-12,21H,1-8,13-19H2,(H,24,28). The molecule has 0 atom stereocenters. The van der Waals surface area contributed by atoms with E-state index in [1.807, 2.05) is 12.4 Å². The molecule has 1 N–H and O–H groups in total. The maximum Gasteiger partial charge on any atom is 0.169 e. The zero-order valence-corrected chi connectivity index (χ0v) is 18.0. The van der Waals surface area contributed by atoms with E-state index in [0.717, 1.165) is 57.5 Å². The molecule has 0 bridgehead atoms. The minimum atomic E-state index is 0.534. The van der Waals surface area contributed by atoms with Crippen molar-refractivity contribution in [3.8, 4) is 0 Å². The second-order valence-corrected chi connectivity index (χ2v) is 8.46. The predicted octanol–water partition coefficient (Wildman–Crippen LogP) is 3.59. The molecule has 2 aliphatic rings. The van der Waals surface area contributed by atoms with Crippen molar-refractivity contribution in [3.05, 3.63) is 30.1 Å². The summed E-state index contributed by atoms with van der Waals surface area (Å²) in [5.41, 5.74) is 1.27. The summed E-state index contributed by atoms with van der Waals surface area (Å²) in [6.45, 7) is 6.78. The minimum absolute atomic E-state index is 0.534. The highest BCUT2D eigenvalue weighted by atomic mass is 32.1. The monoisotopic (exact) mass is 404 g/mol. The summed E-state index contributed by atoms with van der Waals surface area (Å²) in [6, 6.07) is 4.72. The first kappa shape index (κ1) is 21.5. The first-order chi connectivity index (χ1) is 13.8. The smallest absolute Gasteiger partial charge is 0.169 e. The summed E-state index contributed by atoms with van der Waals surface area (Å²) in [7, 11) is 0. The topological polar surface area (TPSA) is 40.6 Å². The summed E-state index contributed by atoms with van der Waals surface area (Å²) in [5, 5.41) is 4.62. The van der Waals surface area contributed by atoms with Crippen LogP contribution in [0.25, 0.3) is 0 Å². The molecule has 6 heteroatoms. The molecule has 0 unspecified atom stereocenters. The Labute approximate surface area is 175 Å². The van der Waals surface area contributed by atoms with Crippen LogP contribution in [0.5, 0.6) is 0 Å². The third-order valence-corrected chi connectivity index (χ3v) is 6.22. The normalized spacial score (nSPS) is 19.6. The Bertz CT molecular complexity index is 557. The maximum absolute atomic E-state index is 5.87. The Morgan fingerprint density at radius 2 is 1.79 bits per heavy atom. The van der Waals surface area contributed by atoms with E-state index < -0.39 is 0 Å². The number of aromatic nitrogens is 1. The largest absolute Gasteiger partial charge is 0.379 e. The fourth-order valence-corrected chi connectivity index (χ4v) is 4.46. The van der Waals surface area contributed by atoms with E-state index in [0.29, 0.717) is 6.04 Å². The van der Waals surface area contributed by atoms with Gasteiger partial charge in [-0.1, -0.05) is 32.1 Å². The molecule has 1 saturated carbocycles. The highest BCUT2D eigenvalue weighted by Gasteiger charge is 2.17. The van der Waals surface area contributed by atoms with Crippen LogP contribution >= 0.6 is 12.2 Å². The van der Waals surface area contributed by atoms with Crippen LogP contribution < -0.4 is 5.32 Å². The number of hydrogen-bond acceptors (Lipinski definition) is 4. The Morgan fingerprint density at radius 3 is 2.50 bits per heavy atom. The van der Waals surface area contributed by atoms with Crippen molar-refractivity contribution in [2.24, 2.45) is 0 Å². The molecule has 0 radical (unpaired) electrons. The third-order valence-electron chi connectivity index (χ3n) is 5.85. The summed E-state index contributed by atoms with van der Waals surface area (Å²) in [4.78, 5) is 9.00. The van der Waals surface area contributed by atoms with Gasteiger partial charge in [0.2, 0.25) is 0 Å². The van der Waals surface area contributed by atoms with Crippen LogP contribution in [-0.2, 0) is 11.3 Å². The number of rotatable bonds is 7. The number of nitrogens with one attached hydrogen (secondary N) is 1. The molecule has 1 aliphatic carbocycles. The highest BCUT2D eigenvalue weighted by Crippen LogP contribution is 2.18. The van der Waals surface area contributed by atoms with Gasteiger partial charge in [0.25, 0.3) is 0 Å². The van der Waals surface area contributed by atoms with Gasteiger partial charge in [-0.3, -0.25) is 9.88 Å². The van der Waals surface area contributed by atoms with Crippen LogP contribution in [0.1, 0.15) is 56.9 Å². The lowest BCUT2D eigenvalue weighted by atomic mass is 9.97. The Hall–Kier alpha value is -1.24. The predicted molar refractivity (Wildman–Crippen MR) is 118 cm³/mol. The van der Waals surface area contributed by atoms with Gasteiger partial charge in [-0.2, -0.15) is 0 Å². The van der Waals surface area contributed by atoms with Crippen molar-refractivity contribution in [3.63, 3.8) is 0 Å². The van der Waals surface area contributed by atoms with Crippen molar-refractivity contribution in [2.75, 3.05) is 39.4 Å². The SMILES string of the molecule is S=C(NC1CCCCCCC1)N(CCCN1CCOCC1)Cc1ccncc1. The Kier molecular flexibility index (Phi) is 9.47. The van der Waals surface area contributed by atoms with Gasteiger partial charge in [-0.05, 0) is 49.2 Å². The molecule has 2 heterocycles. The van der Waals surface area contributed by atoms with E-state index in [-0.39, 0.29) is 0 Å². The Balaban J connectivity index is 1.53. The van der Waals surface area contributed by atoms with Gasteiger partial charge < -0.3 is 15.0 Å². The number of hydrogen-bond donors (Lipinski definition) is 1. The molecule has 0 amide bonds. The van der Waals surface area contributed by atoms with Crippen molar-refractivity contribution < 1.29 is 4.74 Å². The Morgan fingerprint density at radius 1 is 1.11 bits per heavy atom. The van der Waals surface area contributed by atoms with Gasteiger partial charge in [0.1, 0.15) is 0 Å². The summed E-state index contributed by atoms with van der Waals surface area (Å²) in [6.07, 6.45) is 14.1. The van der Waals surface area contributed by atoms with Crippen molar-refractivity contribution in [1.82, 2.24) is 20.1 Å². The average Bonchev–Trinajstić information content (AvgIpc) is 2.70. The number of ether oxygens (including phenoxy) is 1. The van der Waals surface area contributed by atoms with Crippen molar-refractivity contribution in [2.45, 2.75) is 64.0 Å². The van der Waals surface area contributed by atoms with Crippen molar-refractivity contribution >= 4 is 17.3 Å². The molecule has 2 fully saturated rings. The van der Waals surface area contributed by atoms with Gasteiger partial charge in [0, 0.05) is 51.2 Å². The average molecular weight is 405 g/mol. The van der Waals surface area contributed by atoms with Gasteiger partial charge >= 0.3 is 0 Å². The number of morpholine rings is 1. The van der Waals surface area contributed by atoms with Gasteiger partial charge in [-0.15, -0.1) is 0 Å². The maximum atomic E-state index is 5.87. The number of thiocarbonyl (C=S) groups is 1. The number of pyridine rings is 1. The first-order valence-electron chi connectivity index (χ1n) is 11.1. The van der Waals surface area contributed by atoms with Crippen LogP contribution in [-0.4, -0.2) is 65.3 Å². The van der Waals surface area contributed by atoms with Gasteiger partial charge in [0.15, 0.2) is 5.11 Å². The second kappa shape index (κ2) is 12.3. The molecule has 1 aliphatic heterocycles. The van der Waals surface area contributed by atoms with Crippen LogP contribution in [0.4, 0.5) is 0 Å². The molecular formula is C22H36N4OS. The van der Waals surface area contributed by atoms with Crippen molar-refractivity contribution in [1.29, 1.82) is 0 Å². The van der Waals surface area contributed by atoms with E-state index in [1.54, 1.807) is 0 Å². The molecule has 1 saturated heterocycles. The van der Waals surface area contributed by atoms with Crippen LogP contribution in [0, 0.1) is 0 Å². The lowest BCUT2D eigenvalue weighted by Crippen LogP contribution is -2.45. The van der Waals surface area contributed by atoms with E-state index in [9.17, 15) is 0 Å². The summed E-state index contributed by atoms with van der Waals surface area (Å²) >= 11 is 5.87. The molecule has 28 heavy (non-hydrogen) atoms. The molecule has 0 spiro atoms. The lowest BCUT2D eigenvalue weighted by molar-refractivity contribution is 0.0367. The van der Waals surface area contributed by atoms with E-state index >= 15 is 0 Å². The third kappa shape index (κ3) is 7.64. The molecule has 1 aromatic heterocycles. The second-order valence-electron chi connectivity index (χ2n) is 8.08. The zero-order valence-electron chi connectivity index (χ0n) is 17.2. The molecule has 156 valence electrons. The van der Waals surface area contributed by atoms with Crippen LogP contribution in [0.15, 0.2) is 24.5 Å². The highest BCUT2D eigenvalue weighted by molar-refractivity contribution is 7.80. The summed E-state index contributed by atoms with van der Waals surface area (Å²) in [5.74, 6) is 0. The van der Waals surface area contributed by atoms with E-state index in [4.69, 9.17) is 17.0 Å². The molecular weight excluding hydrogens is 368 g/mol. The zero-order chi connectivity index (χ0) is 19.4. The minimum Gasteiger partial charge on any atom is -0.379 e.